The van der Waals surface area contributed by atoms with Crippen LogP contribution in [0, 0.1) is 6.92 Å². The van der Waals surface area contributed by atoms with Crippen molar-refractivity contribution in [1.29, 1.82) is 0 Å². The molecule has 0 unspecified atom stereocenters. The van der Waals surface area contributed by atoms with E-state index in [-0.39, 0.29) is 0 Å². The second-order valence-corrected chi connectivity index (χ2v) is 3.01. The largest absolute Gasteiger partial charge is 0.298 e. The summed E-state index contributed by atoms with van der Waals surface area (Å²) in [5, 5.41) is 15.4. The lowest BCUT2D eigenvalue weighted by Gasteiger charge is -1.98. The maximum absolute atomic E-state index is 10.6. The molecule has 2 aromatic rings. The number of hydrogen-bond donors (Lipinski definition) is 0. The number of aryl methyl sites for hydroxylation is 1. The summed E-state index contributed by atoms with van der Waals surface area (Å²) in [6, 6.07) is 6.98. The van der Waals surface area contributed by atoms with Gasteiger partial charge in [0.15, 0.2) is 5.82 Å². The van der Waals surface area contributed by atoms with Gasteiger partial charge in [0.2, 0.25) is 5.82 Å². The van der Waals surface area contributed by atoms with Crippen LogP contribution in [0.2, 0.25) is 0 Å². The van der Waals surface area contributed by atoms with Crippen LogP contribution < -0.4 is 0 Å². The predicted octanol–water partition coefficient (Wildman–Crippen LogP) is 1.05. The second kappa shape index (κ2) is 3.91. The van der Waals surface area contributed by atoms with Gasteiger partial charge < -0.3 is 0 Å². The minimum atomic E-state index is 0.421. The molecule has 1 aromatic carbocycles. The van der Waals surface area contributed by atoms with Crippen molar-refractivity contribution in [3.05, 3.63) is 35.7 Å². The average Bonchev–Trinajstić information content (AvgIpc) is 2.30. The lowest BCUT2D eigenvalue weighted by Crippen LogP contribution is -1.98. The van der Waals surface area contributed by atoms with Crippen LogP contribution >= 0.6 is 0 Å². The number of aromatic nitrogens is 4. The zero-order valence-corrected chi connectivity index (χ0v) is 8.08. The van der Waals surface area contributed by atoms with Crippen LogP contribution in [0.25, 0.3) is 11.4 Å². The van der Waals surface area contributed by atoms with Gasteiger partial charge in [-0.1, -0.05) is 18.2 Å². The van der Waals surface area contributed by atoms with Gasteiger partial charge in [0, 0.05) is 11.1 Å². The molecule has 5 heteroatoms. The van der Waals surface area contributed by atoms with E-state index in [0.717, 1.165) is 11.8 Å². The Labute approximate surface area is 86.2 Å². The molecule has 0 fully saturated rings. The number of carbonyl (C=O) groups excluding carboxylic acids is 1. The number of nitrogens with zero attached hydrogens (tertiary/aromatic N) is 4. The van der Waals surface area contributed by atoms with Gasteiger partial charge >= 0.3 is 0 Å². The summed E-state index contributed by atoms with van der Waals surface area (Å²) >= 11 is 0. The van der Waals surface area contributed by atoms with E-state index in [9.17, 15) is 4.79 Å². The average molecular weight is 200 g/mol. The van der Waals surface area contributed by atoms with Gasteiger partial charge in [0.05, 0.1) is 0 Å². The van der Waals surface area contributed by atoms with Crippen LogP contribution in [0.1, 0.15) is 16.2 Å². The molecule has 0 bridgehead atoms. The molecule has 15 heavy (non-hydrogen) atoms. The Hall–Kier alpha value is -2.17. The SMILES string of the molecule is Cc1nnc(-c2cccc(C=O)c2)nn1. The Morgan fingerprint density at radius 2 is 1.87 bits per heavy atom. The van der Waals surface area contributed by atoms with E-state index in [2.05, 4.69) is 20.4 Å². The highest BCUT2D eigenvalue weighted by atomic mass is 16.1. The van der Waals surface area contributed by atoms with E-state index in [1.807, 2.05) is 0 Å². The maximum Gasteiger partial charge on any atom is 0.203 e. The summed E-state index contributed by atoms with van der Waals surface area (Å²) in [4.78, 5) is 10.6. The summed E-state index contributed by atoms with van der Waals surface area (Å²) in [5.74, 6) is 0.939. The number of aldehydes is 1. The predicted molar refractivity (Wildman–Crippen MR) is 53.2 cm³/mol. The third kappa shape index (κ3) is 2.01. The number of carbonyl (C=O) groups is 1. The zero-order chi connectivity index (χ0) is 10.7. The molecular weight excluding hydrogens is 192 g/mol. The van der Waals surface area contributed by atoms with E-state index in [1.54, 1.807) is 31.2 Å². The van der Waals surface area contributed by atoms with E-state index < -0.39 is 0 Å². The van der Waals surface area contributed by atoms with Gasteiger partial charge in [-0.15, -0.1) is 20.4 Å². The van der Waals surface area contributed by atoms with Crippen molar-refractivity contribution in [1.82, 2.24) is 20.4 Å². The summed E-state index contributed by atoms with van der Waals surface area (Å²) in [6.07, 6.45) is 0.776. The lowest BCUT2D eigenvalue weighted by atomic mass is 10.1. The van der Waals surface area contributed by atoms with Crippen molar-refractivity contribution in [2.45, 2.75) is 6.92 Å². The quantitative estimate of drug-likeness (QED) is 0.678. The fourth-order valence-corrected chi connectivity index (χ4v) is 1.15. The number of benzene rings is 1. The van der Waals surface area contributed by atoms with E-state index >= 15 is 0 Å². The molecule has 0 aliphatic carbocycles. The Kier molecular flexibility index (Phi) is 2.45. The fraction of sp³-hybridized carbons (Fsp3) is 0.100. The minimum absolute atomic E-state index is 0.421. The molecule has 0 spiro atoms. The van der Waals surface area contributed by atoms with Crippen LogP contribution in [0.5, 0.6) is 0 Å². The first-order valence-electron chi connectivity index (χ1n) is 4.39. The molecule has 0 aliphatic rings. The summed E-state index contributed by atoms with van der Waals surface area (Å²) in [6.45, 7) is 1.71. The Bertz CT molecular complexity index is 481. The number of rotatable bonds is 2. The molecular formula is C10H8N4O. The van der Waals surface area contributed by atoms with Crippen LogP contribution in [0.3, 0.4) is 0 Å². The van der Waals surface area contributed by atoms with Crippen molar-refractivity contribution in [2.24, 2.45) is 0 Å². The van der Waals surface area contributed by atoms with Gasteiger partial charge in [-0.2, -0.15) is 0 Å². The van der Waals surface area contributed by atoms with E-state index in [1.165, 1.54) is 0 Å². The molecule has 0 N–H and O–H groups in total. The van der Waals surface area contributed by atoms with Gasteiger partial charge in [-0.25, -0.2) is 0 Å². The highest BCUT2D eigenvalue weighted by Crippen LogP contribution is 2.13. The van der Waals surface area contributed by atoms with Crippen LogP contribution in [0.15, 0.2) is 24.3 Å². The van der Waals surface area contributed by atoms with Crippen molar-refractivity contribution < 1.29 is 4.79 Å². The third-order valence-electron chi connectivity index (χ3n) is 1.86. The van der Waals surface area contributed by atoms with Gasteiger partial charge in [-0.3, -0.25) is 4.79 Å². The highest BCUT2D eigenvalue weighted by molar-refractivity contribution is 5.77. The molecule has 5 nitrogen and oxygen atoms in total. The molecule has 2 rings (SSSR count). The summed E-state index contributed by atoms with van der Waals surface area (Å²) < 4.78 is 0. The molecule has 0 saturated heterocycles. The van der Waals surface area contributed by atoms with Crippen molar-refractivity contribution in [3.63, 3.8) is 0 Å². The van der Waals surface area contributed by atoms with Crippen molar-refractivity contribution >= 4 is 6.29 Å². The van der Waals surface area contributed by atoms with Gasteiger partial charge in [0.1, 0.15) is 6.29 Å². The second-order valence-electron chi connectivity index (χ2n) is 3.01. The monoisotopic (exact) mass is 200 g/mol. The molecule has 0 saturated carbocycles. The first kappa shape index (κ1) is 9.39. The molecule has 0 radical (unpaired) electrons. The van der Waals surface area contributed by atoms with Crippen molar-refractivity contribution in [2.75, 3.05) is 0 Å². The first-order valence-corrected chi connectivity index (χ1v) is 4.39. The third-order valence-corrected chi connectivity index (χ3v) is 1.86. The molecule has 0 aliphatic heterocycles. The molecule has 1 heterocycles. The fourth-order valence-electron chi connectivity index (χ4n) is 1.15. The number of hydrogen-bond acceptors (Lipinski definition) is 5. The molecule has 0 atom stereocenters. The highest BCUT2D eigenvalue weighted by Gasteiger charge is 2.02. The summed E-state index contributed by atoms with van der Waals surface area (Å²) in [7, 11) is 0. The Morgan fingerprint density at radius 3 is 2.53 bits per heavy atom. The minimum Gasteiger partial charge on any atom is -0.298 e. The van der Waals surface area contributed by atoms with E-state index in [4.69, 9.17) is 0 Å². The van der Waals surface area contributed by atoms with Crippen LogP contribution in [-0.2, 0) is 0 Å². The van der Waals surface area contributed by atoms with Crippen molar-refractivity contribution in [3.8, 4) is 11.4 Å². The van der Waals surface area contributed by atoms with E-state index in [0.29, 0.717) is 17.2 Å². The Morgan fingerprint density at radius 1 is 1.13 bits per heavy atom. The van der Waals surface area contributed by atoms with Gasteiger partial charge in [-0.05, 0) is 13.0 Å². The lowest BCUT2D eigenvalue weighted by molar-refractivity contribution is 0.112. The zero-order valence-electron chi connectivity index (χ0n) is 8.08. The van der Waals surface area contributed by atoms with Crippen LogP contribution in [0.4, 0.5) is 0 Å². The normalized spacial score (nSPS) is 9.93. The standard InChI is InChI=1S/C10H8N4O/c1-7-11-13-10(14-12-7)9-4-2-3-8(5-9)6-15/h2-6H,1H3. The molecule has 1 aromatic heterocycles. The molecule has 74 valence electrons. The van der Waals surface area contributed by atoms with Gasteiger partial charge in [0.25, 0.3) is 0 Å². The topological polar surface area (TPSA) is 68.6 Å². The smallest absolute Gasteiger partial charge is 0.203 e. The molecule has 0 amide bonds. The maximum atomic E-state index is 10.6. The van der Waals surface area contributed by atoms with Crippen LogP contribution in [-0.4, -0.2) is 26.7 Å². The first-order chi connectivity index (χ1) is 7.29. The summed E-state index contributed by atoms with van der Waals surface area (Å²) in [5.41, 5.74) is 1.32. The Balaban J connectivity index is 2.44.